The van der Waals surface area contributed by atoms with Crippen molar-refractivity contribution < 1.29 is 4.79 Å². The third kappa shape index (κ3) is 3.94. The lowest BCUT2D eigenvalue weighted by Gasteiger charge is -2.39. The Hall–Kier alpha value is -0.100. The van der Waals surface area contributed by atoms with Crippen LogP contribution in [-0.4, -0.2) is 16.8 Å². The second-order valence-electron chi connectivity index (χ2n) is 5.56. The molecule has 104 valence electrons. The predicted octanol–water partition coefficient (Wildman–Crippen LogP) is 4.36. The number of carbonyl (C=O) groups is 1. The zero-order valence-electron chi connectivity index (χ0n) is 11.1. The molecule has 2 rings (SSSR count). The molecule has 1 saturated carbocycles. The van der Waals surface area contributed by atoms with Gasteiger partial charge in [-0.3, -0.25) is 4.79 Å². The smallest absolute Gasteiger partial charge is 0.251 e. The Kier molecular flexibility index (Phi) is 5.29. The van der Waals surface area contributed by atoms with Gasteiger partial charge in [0, 0.05) is 14.5 Å². The van der Waals surface area contributed by atoms with Crippen LogP contribution >= 0.6 is 38.5 Å². The van der Waals surface area contributed by atoms with Crippen LogP contribution in [0.1, 0.15) is 43.0 Å². The summed E-state index contributed by atoms with van der Waals surface area (Å²) in [5, 5.41) is 4.09. The van der Waals surface area contributed by atoms with Crippen LogP contribution in [0.4, 0.5) is 0 Å². The van der Waals surface area contributed by atoms with Gasteiger partial charge in [0.1, 0.15) is 0 Å². The molecule has 4 heteroatoms. The van der Waals surface area contributed by atoms with Crippen molar-refractivity contribution in [3.63, 3.8) is 0 Å². The van der Waals surface area contributed by atoms with Gasteiger partial charge in [-0.25, -0.2) is 0 Å². The molecule has 0 unspecified atom stereocenters. The summed E-state index contributed by atoms with van der Waals surface area (Å²) < 4.78 is 1.09. The van der Waals surface area contributed by atoms with E-state index in [1.54, 1.807) is 0 Å². The van der Waals surface area contributed by atoms with Crippen molar-refractivity contribution >= 4 is 44.4 Å². The van der Waals surface area contributed by atoms with Crippen LogP contribution in [0.25, 0.3) is 0 Å². The van der Waals surface area contributed by atoms with E-state index in [0.29, 0.717) is 0 Å². The maximum Gasteiger partial charge on any atom is 0.251 e. The average Bonchev–Trinajstić information content (AvgIpc) is 2.42. The summed E-state index contributed by atoms with van der Waals surface area (Å²) >= 11 is 5.82. The van der Waals surface area contributed by atoms with Crippen molar-refractivity contribution in [2.24, 2.45) is 5.92 Å². The molecule has 0 spiro atoms. The molecule has 1 aromatic carbocycles. The van der Waals surface area contributed by atoms with Crippen molar-refractivity contribution in [3.8, 4) is 0 Å². The molecule has 1 N–H and O–H groups in total. The number of carbonyl (C=O) groups excluding carboxylic acids is 1. The van der Waals surface area contributed by atoms with Gasteiger partial charge in [0.15, 0.2) is 0 Å². The van der Waals surface area contributed by atoms with Gasteiger partial charge in [0.05, 0.1) is 5.54 Å². The first-order chi connectivity index (χ1) is 9.04. The summed E-state index contributed by atoms with van der Waals surface area (Å²) in [5.41, 5.74) is 0.691. The fraction of sp³-hybridized carbons (Fsp3) is 0.533. The molecule has 1 aliphatic rings. The van der Waals surface area contributed by atoms with Crippen LogP contribution in [0.2, 0.25) is 0 Å². The molecule has 2 nitrogen and oxygen atoms in total. The number of amides is 1. The van der Waals surface area contributed by atoms with Crippen LogP contribution in [-0.2, 0) is 0 Å². The van der Waals surface area contributed by atoms with E-state index in [0.717, 1.165) is 33.2 Å². The first-order valence-electron chi connectivity index (χ1n) is 6.69. The molecular weight excluding hydrogens is 417 g/mol. The quantitative estimate of drug-likeness (QED) is 0.554. The minimum absolute atomic E-state index is 0.0486. The Balaban J connectivity index is 2.08. The van der Waals surface area contributed by atoms with Gasteiger partial charge in [-0.05, 0) is 72.4 Å². The molecule has 19 heavy (non-hydrogen) atoms. The number of nitrogens with one attached hydrogen (secondary N) is 1. The van der Waals surface area contributed by atoms with Gasteiger partial charge < -0.3 is 5.32 Å². The zero-order chi connectivity index (χ0) is 13.9. The Morgan fingerprint density at radius 2 is 2.16 bits per heavy atom. The fourth-order valence-corrected chi connectivity index (χ4v) is 3.79. The number of alkyl halides is 1. The van der Waals surface area contributed by atoms with Crippen LogP contribution in [0.15, 0.2) is 24.3 Å². The van der Waals surface area contributed by atoms with Crippen molar-refractivity contribution in [1.82, 2.24) is 5.32 Å². The molecule has 0 saturated heterocycles. The minimum atomic E-state index is -0.0646. The van der Waals surface area contributed by atoms with E-state index in [1.807, 2.05) is 24.3 Å². The van der Waals surface area contributed by atoms with E-state index < -0.39 is 0 Å². The Morgan fingerprint density at radius 1 is 1.47 bits per heavy atom. The summed E-state index contributed by atoms with van der Waals surface area (Å²) in [6, 6.07) is 7.74. The van der Waals surface area contributed by atoms with Gasteiger partial charge in [-0.15, -0.1) is 0 Å². The zero-order valence-corrected chi connectivity index (χ0v) is 14.8. The van der Waals surface area contributed by atoms with Crippen LogP contribution in [0, 0.1) is 9.49 Å². The molecule has 1 aliphatic carbocycles. The SMILES string of the molecule is CC1CCC(CBr)(NC(=O)c2cccc(I)c2)CC1. The van der Waals surface area contributed by atoms with Crippen molar-refractivity contribution in [2.75, 3.05) is 5.33 Å². The second-order valence-corrected chi connectivity index (χ2v) is 7.37. The first kappa shape index (κ1) is 15.3. The summed E-state index contributed by atoms with van der Waals surface area (Å²) in [6.45, 7) is 2.29. The highest BCUT2D eigenvalue weighted by atomic mass is 127. The lowest BCUT2D eigenvalue weighted by atomic mass is 9.78. The van der Waals surface area contributed by atoms with Crippen LogP contribution < -0.4 is 5.32 Å². The maximum absolute atomic E-state index is 12.4. The van der Waals surface area contributed by atoms with Crippen LogP contribution in [0.3, 0.4) is 0 Å². The number of rotatable bonds is 3. The molecule has 0 aromatic heterocycles. The monoisotopic (exact) mass is 435 g/mol. The molecule has 0 radical (unpaired) electrons. The predicted molar refractivity (Wildman–Crippen MR) is 90.8 cm³/mol. The molecule has 0 heterocycles. The standard InChI is InChI=1S/C15H19BrINO/c1-11-5-7-15(10-16,8-6-11)18-14(19)12-3-2-4-13(17)9-12/h2-4,9,11H,5-8,10H2,1H3,(H,18,19). The van der Waals surface area contributed by atoms with Crippen molar-refractivity contribution in [2.45, 2.75) is 38.1 Å². The lowest BCUT2D eigenvalue weighted by molar-refractivity contribution is 0.0874. The number of benzene rings is 1. The normalized spacial score (nSPS) is 27.0. The topological polar surface area (TPSA) is 29.1 Å². The van der Waals surface area contributed by atoms with Gasteiger partial charge in [-0.2, -0.15) is 0 Å². The fourth-order valence-electron chi connectivity index (χ4n) is 2.55. The van der Waals surface area contributed by atoms with E-state index in [9.17, 15) is 4.79 Å². The largest absolute Gasteiger partial charge is 0.346 e. The highest BCUT2D eigenvalue weighted by Crippen LogP contribution is 2.33. The average molecular weight is 436 g/mol. The summed E-state index contributed by atoms with van der Waals surface area (Å²) in [5.74, 6) is 0.828. The van der Waals surface area contributed by atoms with Gasteiger partial charge in [0.2, 0.25) is 0 Å². The summed E-state index contributed by atoms with van der Waals surface area (Å²) in [4.78, 5) is 12.4. The molecule has 0 aliphatic heterocycles. The summed E-state index contributed by atoms with van der Waals surface area (Å²) in [7, 11) is 0. The van der Waals surface area contributed by atoms with Gasteiger partial charge in [0.25, 0.3) is 5.91 Å². The second kappa shape index (κ2) is 6.57. The van der Waals surface area contributed by atoms with E-state index in [1.165, 1.54) is 12.8 Å². The van der Waals surface area contributed by atoms with Gasteiger partial charge in [-0.1, -0.05) is 28.9 Å². The maximum atomic E-state index is 12.4. The molecule has 1 aromatic rings. The lowest BCUT2D eigenvalue weighted by Crippen LogP contribution is -2.52. The van der Waals surface area contributed by atoms with Crippen molar-refractivity contribution in [1.29, 1.82) is 0 Å². The number of halogens is 2. The number of hydrogen-bond acceptors (Lipinski definition) is 1. The first-order valence-corrected chi connectivity index (χ1v) is 8.89. The number of hydrogen-bond donors (Lipinski definition) is 1. The van der Waals surface area contributed by atoms with E-state index >= 15 is 0 Å². The van der Waals surface area contributed by atoms with E-state index in [4.69, 9.17) is 0 Å². The third-order valence-electron chi connectivity index (χ3n) is 3.95. The summed E-state index contributed by atoms with van der Waals surface area (Å²) in [6.07, 6.45) is 4.51. The molecule has 1 amide bonds. The van der Waals surface area contributed by atoms with E-state index in [-0.39, 0.29) is 11.4 Å². The minimum Gasteiger partial charge on any atom is -0.346 e. The third-order valence-corrected chi connectivity index (χ3v) is 5.70. The van der Waals surface area contributed by atoms with E-state index in [2.05, 4.69) is 50.8 Å². The highest BCUT2D eigenvalue weighted by Gasteiger charge is 2.34. The Labute approximate surface area is 137 Å². The Bertz CT molecular complexity index is 455. The Morgan fingerprint density at radius 3 is 2.74 bits per heavy atom. The highest BCUT2D eigenvalue weighted by molar-refractivity contribution is 14.1. The molecule has 0 atom stereocenters. The molecular formula is C15H19BrINO. The molecule has 1 fully saturated rings. The van der Waals surface area contributed by atoms with Crippen molar-refractivity contribution in [3.05, 3.63) is 33.4 Å². The molecule has 0 bridgehead atoms. The van der Waals surface area contributed by atoms with Gasteiger partial charge >= 0.3 is 0 Å². The van der Waals surface area contributed by atoms with Crippen LogP contribution in [0.5, 0.6) is 0 Å².